The van der Waals surface area contributed by atoms with E-state index in [-0.39, 0.29) is 11.7 Å². The Labute approximate surface area is 188 Å². The van der Waals surface area contributed by atoms with Crippen molar-refractivity contribution in [2.75, 3.05) is 12.4 Å². The molecule has 0 radical (unpaired) electrons. The van der Waals surface area contributed by atoms with E-state index in [9.17, 15) is 4.79 Å². The molecule has 1 N–H and O–H groups in total. The molecule has 2 heterocycles. The Morgan fingerprint density at radius 3 is 2.56 bits per heavy atom. The number of carbonyl (C=O) groups is 1. The van der Waals surface area contributed by atoms with Gasteiger partial charge < -0.3 is 18.9 Å². The van der Waals surface area contributed by atoms with Gasteiger partial charge in [0.05, 0.1) is 7.11 Å². The van der Waals surface area contributed by atoms with E-state index in [0.29, 0.717) is 39.2 Å². The Morgan fingerprint density at radius 1 is 0.938 bits per heavy atom. The fourth-order valence-corrected chi connectivity index (χ4v) is 3.49. The van der Waals surface area contributed by atoms with Crippen LogP contribution in [0.3, 0.4) is 0 Å². The highest BCUT2D eigenvalue weighted by Gasteiger charge is 2.14. The van der Waals surface area contributed by atoms with E-state index < -0.39 is 0 Å². The Kier molecular flexibility index (Phi) is 5.13. The van der Waals surface area contributed by atoms with Crippen LogP contribution in [-0.4, -0.2) is 18.0 Å². The number of aromatic nitrogens is 1. The van der Waals surface area contributed by atoms with E-state index >= 15 is 0 Å². The standard InChI is InChI=1S/C25H17ClN2O4/c1-30-19-9-10-22-20(14-19)28-25(32-22)15-5-7-18(8-6-15)27-24(29)23-12-11-21(31-23)16-3-2-4-17(26)13-16/h2-14H,1H3,(H,27,29). The first kappa shape index (κ1) is 19.9. The quantitative estimate of drug-likeness (QED) is 0.327. The van der Waals surface area contributed by atoms with Crippen LogP contribution in [0.25, 0.3) is 33.9 Å². The van der Waals surface area contributed by atoms with Crippen molar-refractivity contribution in [3.8, 4) is 28.5 Å². The van der Waals surface area contributed by atoms with Crippen LogP contribution in [0.5, 0.6) is 5.75 Å². The molecule has 1 amide bonds. The predicted octanol–water partition coefficient (Wildman–Crippen LogP) is 6.67. The number of hydrogen-bond acceptors (Lipinski definition) is 5. The second kappa shape index (κ2) is 8.24. The second-order valence-electron chi connectivity index (χ2n) is 7.06. The van der Waals surface area contributed by atoms with E-state index in [2.05, 4.69) is 10.3 Å². The lowest BCUT2D eigenvalue weighted by Crippen LogP contribution is -2.10. The molecule has 0 aliphatic carbocycles. The zero-order valence-corrected chi connectivity index (χ0v) is 17.7. The van der Waals surface area contributed by atoms with Gasteiger partial charge in [0.15, 0.2) is 11.3 Å². The van der Waals surface area contributed by atoms with Crippen molar-refractivity contribution in [1.82, 2.24) is 4.98 Å². The Balaban J connectivity index is 1.31. The third-order valence-corrected chi connectivity index (χ3v) is 5.16. The van der Waals surface area contributed by atoms with Gasteiger partial charge in [-0.15, -0.1) is 0 Å². The molecule has 5 aromatic rings. The van der Waals surface area contributed by atoms with Crippen LogP contribution in [-0.2, 0) is 0 Å². The average Bonchev–Trinajstić information content (AvgIpc) is 3.47. The largest absolute Gasteiger partial charge is 0.497 e. The molecule has 7 heteroatoms. The minimum absolute atomic E-state index is 0.206. The summed E-state index contributed by atoms with van der Waals surface area (Å²) in [6.45, 7) is 0. The van der Waals surface area contributed by atoms with Crippen molar-refractivity contribution in [3.63, 3.8) is 0 Å². The maximum absolute atomic E-state index is 12.6. The average molecular weight is 445 g/mol. The summed E-state index contributed by atoms with van der Waals surface area (Å²) in [4.78, 5) is 17.1. The zero-order valence-electron chi connectivity index (χ0n) is 17.0. The Morgan fingerprint density at radius 2 is 1.78 bits per heavy atom. The molecule has 158 valence electrons. The lowest BCUT2D eigenvalue weighted by Gasteiger charge is -2.04. The number of furan rings is 1. The fourth-order valence-electron chi connectivity index (χ4n) is 3.30. The lowest BCUT2D eigenvalue weighted by molar-refractivity contribution is 0.0997. The molecule has 32 heavy (non-hydrogen) atoms. The highest BCUT2D eigenvalue weighted by Crippen LogP contribution is 2.28. The molecule has 5 rings (SSSR count). The molecule has 0 unspecified atom stereocenters. The van der Waals surface area contributed by atoms with Gasteiger partial charge in [-0.2, -0.15) is 0 Å². The van der Waals surface area contributed by atoms with Gasteiger partial charge in [-0.1, -0.05) is 23.7 Å². The van der Waals surface area contributed by atoms with Crippen LogP contribution in [0.1, 0.15) is 10.6 Å². The van der Waals surface area contributed by atoms with E-state index in [1.807, 2.05) is 42.5 Å². The Bertz CT molecular complexity index is 1420. The van der Waals surface area contributed by atoms with Gasteiger partial charge in [-0.3, -0.25) is 4.79 Å². The van der Waals surface area contributed by atoms with Crippen LogP contribution in [0.4, 0.5) is 5.69 Å². The van der Waals surface area contributed by atoms with Crippen LogP contribution < -0.4 is 10.1 Å². The fraction of sp³-hybridized carbons (Fsp3) is 0.0400. The molecular weight excluding hydrogens is 428 g/mol. The topological polar surface area (TPSA) is 77.5 Å². The highest BCUT2D eigenvalue weighted by atomic mass is 35.5. The van der Waals surface area contributed by atoms with E-state index in [0.717, 1.165) is 11.1 Å². The number of halogens is 1. The molecule has 0 aliphatic rings. The molecule has 0 saturated heterocycles. The number of ether oxygens (including phenoxy) is 1. The van der Waals surface area contributed by atoms with Crippen molar-refractivity contribution < 1.29 is 18.4 Å². The third kappa shape index (κ3) is 3.96. The summed E-state index contributed by atoms with van der Waals surface area (Å²) in [5.74, 6) is 1.63. The summed E-state index contributed by atoms with van der Waals surface area (Å²) in [7, 11) is 1.61. The number of benzene rings is 3. The maximum Gasteiger partial charge on any atom is 0.291 e. The number of rotatable bonds is 5. The molecule has 0 spiro atoms. The number of nitrogens with zero attached hydrogens (tertiary/aromatic N) is 1. The van der Waals surface area contributed by atoms with Gasteiger partial charge in [0.1, 0.15) is 17.0 Å². The van der Waals surface area contributed by atoms with Gasteiger partial charge in [0, 0.05) is 27.9 Å². The van der Waals surface area contributed by atoms with E-state index in [1.54, 1.807) is 43.5 Å². The molecule has 3 aromatic carbocycles. The number of methoxy groups -OCH3 is 1. The molecule has 0 atom stereocenters. The number of fused-ring (bicyclic) bond motifs is 1. The van der Waals surface area contributed by atoms with E-state index in [4.69, 9.17) is 25.2 Å². The van der Waals surface area contributed by atoms with Crippen molar-refractivity contribution >= 4 is 34.3 Å². The highest BCUT2D eigenvalue weighted by molar-refractivity contribution is 6.30. The minimum Gasteiger partial charge on any atom is -0.497 e. The number of amides is 1. The summed E-state index contributed by atoms with van der Waals surface area (Å²) in [6.07, 6.45) is 0. The first-order valence-electron chi connectivity index (χ1n) is 9.81. The normalized spacial score (nSPS) is 10.9. The minimum atomic E-state index is -0.347. The number of nitrogens with one attached hydrogen (secondary N) is 1. The SMILES string of the molecule is COc1ccc2oc(-c3ccc(NC(=O)c4ccc(-c5cccc(Cl)c5)o4)cc3)nc2c1. The zero-order chi connectivity index (χ0) is 22.1. The van der Waals surface area contributed by atoms with Gasteiger partial charge in [-0.25, -0.2) is 4.98 Å². The molecule has 0 saturated carbocycles. The summed E-state index contributed by atoms with van der Waals surface area (Å²) >= 11 is 6.03. The smallest absolute Gasteiger partial charge is 0.291 e. The van der Waals surface area contributed by atoms with Gasteiger partial charge >= 0.3 is 0 Å². The monoisotopic (exact) mass is 444 g/mol. The molecule has 0 fully saturated rings. The van der Waals surface area contributed by atoms with Gasteiger partial charge in [0.2, 0.25) is 5.89 Å². The molecule has 2 aromatic heterocycles. The number of hydrogen-bond donors (Lipinski definition) is 1. The van der Waals surface area contributed by atoms with E-state index in [1.165, 1.54) is 0 Å². The summed E-state index contributed by atoms with van der Waals surface area (Å²) in [5.41, 5.74) is 3.60. The third-order valence-electron chi connectivity index (χ3n) is 4.92. The van der Waals surface area contributed by atoms with Gasteiger partial charge in [-0.05, 0) is 60.7 Å². The van der Waals surface area contributed by atoms with Crippen LogP contribution in [0.15, 0.2) is 87.7 Å². The predicted molar refractivity (Wildman–Crippen MR) is 123 cm³/mol. The first-order chi connectivity index (χ1) is 15.6. The number of carbonyl (C=O) groups excluding carboxylic acids is 1. The van der Waals surface area contributed by atoms with Crippen molar-refractivity contribution in [2.45, 2.75) is 0 Å². The van der Waals surface area contributed by atoms with Gasteiger partial charge in [0.25, 0.3) is 5.91 Å². The van der Waals surface area contributed by atoms with Crippen LogP contribution >= 0.6 is 11.6 Å². The summed E-state index contributed by atoms with van der Waals surface area (Å²) < 4.78 is 16.7. The molecular formula is C25H17ClN2O4. The number of oxazole rings is 1. The van der Waals surface area contributed by atoms with Crippen molar-refractivity contribution in [3.05, 3.63) is 89.6 Å². The Hall–Kier alpha value is -4.03. The molecule has 6 nitrogen and oxygen atoms in total. The first-order valence-corrected chi connectivity index (χ1v) is 10.2. The summed E-state index contributed by atoms with van der Waals surface area (Å²) in [6, 6.07) is 23.3. The van der Waals surface area contributed by atoms with Crippen LogP contribution in [0.2, 0.25) is 5.02 Å². The number of anilines is 1. The lowest BCUT2D eigenvalue weighted by atomic mass is 10.2. The maximum atomic E-state index is 12.6. The van der Waals surface area contributed by atoms with Crippen molar-refractivity contribution in [2.24, 2.45) is 0 Å². The van der Waals surface area contributed by atoms with Crippen molar-refractivity contribution in [1.29, 1.82) is 0 Å². The second-order valence-corrected chi connectivity index (χ2v) is 7.49. The summed E-state index contributed by atoms with van der Waals surface area (Å²) in [5, 5.41) is 3.43. The molecule has 0 aliphatic heterocycles. The van der Waals surface area contributed by atoms with Crippen LogP contribution in [0, 0.1) is 0 Å². The molecule has 0 bridgehead atoms.